The molecular formula is C58H84O21. The zero-order valence-corrected chi connectivity index (χ0v) is 47.6. The lowest BCUT2D eigenvalue weighted by Crippen LogP contribution is -2.46. The van der Waals surface area contributed by atoms with Crippen LogP contribution in [0, 0.1) is 69.5 Å². The highest BCUT2D eigenvalue weighted by Crippen LogP contribution is 2.51. The van der Waals surface area contributed by atoms with E-state index in [1.165, 1.54) is 0 Å². The van der Waals surface area contributed by atoms with Crippen molar-refractivity contribution >= 4 is 59.7 Å². The summed E-state index contributed by atoms with van der Waals surface area (Å²) >= 11 is 0. The highest BCUT2D eigenvalue weighted by atomic mass is 16.6. The summed E-state index contributed by atoms with van der Waals surface area (Å²) in [5.74, 6) is -3.44. The van der Waals surface area contributed by atoms with Gasteiger partial charge < -0.3 is 52.1 Å². The first-order chi connectivity index (χ1) is 37.3. The highest BCUT2D eigenvalue weighted by Gasteiger charge is 2.54. The van der Waals surface area contributed by atoms with Gasteiger partial charge in [0.1, 0.15) is 50.3 Å². The van der Waals surface area contributed by atoms with Crippen LogP contribution in [0.2, 0.25) is 0 Å². The van der Waals surface area contributed by atoms with Gasteiger partial charge in [-0.15, -0.1) is 0 Å². The standard InChI is InChI=1S/2C20H28O8.C18H28O5/c1-4-20(2,3)19(24)26-9-15(21)25-10-16(22)28-17-12-5-11-6-13(8-12)18(23)27-14(17)7-11;1-4-20(2,3)19(24)26-6-5-25-17(22)18(23)28-15-12-7-11-8-13(10-12)16(21)27-14(15)9-11;1-4-18(2,3)17(20)22-6-5-21-15-12-7-11-8-13(10-12)16(19)23-14(15)9-11/h11-14,17H,4-10H2,1-3H3;11-15H,4-10H2,1-3H3;11-15H,4-10H2,1-3H3. The van der Waals surface area contributed by atoms with Crippen molar-refractivity contribution in [3.63, 3.8) is 0 Å². The second-order valence-corrected chi connectivity index (χ2v) is 25.2. The highest BCUT2D eigenvalue weighted by molar-refractivity contribution is 6.29. The van der Waals surface area contributed by atoms with Crippen molar-refractivity contribution in [1.82, 2.24) is 0 Å². The third kappa shape index (κ3) is 15.4. The predicted molar refractivity (Wildman–Crippen MR) is 273 cm³/mol. The quantitative estimate of drug-likeness (QED) is 0.0596. The van der Waals surface area contributed by atoms with Gasteiger partial charge in [-0.05, 0) is 162 Å². The average Bonchev–Trinajstić information content (AvgIpc) is 3.99. The molecule has 12 rings (SSSR count). The molecule has 12 aliphatic rings. The molecule has 0 radical (unpaired) electrons. The third-order valence-electron chi connectivity index (χ3n) is 18.4. The fourth-order valence-electron chi connectivity index (χ4n) is 12.7. The molecule has 0 aromatic rings. The Bertz CT molecular complexity index is 2270. The van der Waals surface area contributed by atoms with Crippen LogP contribution >= 0.6 is 0 Å². The summed E-state index contributed by atoms with van der Waals surface area (Å²) in [6, 6.07) is 0. The number of ether oxygens (including phenoxy) is 11. The van der Waals surface area contributed by atoms with Crippen molar-refractivity contribution in [2.24, 2.45) is 69.5 Å². The first-order valence-electron chi connectivity index (χ1n) is 28.8. The molecule has 0 amide bonds. The number of carbonyl (C=O) groups excluding carboxylic acids is 10. The van der Waals surface area contributed by atoms with Crippen LogP contribution < -0.4 is 0 Å². The molecular weight excluding hydrogens is 1030 g/mol. The van der Waals surface area contributed by atoms with Crippen LogP contribution in [0.4, 0.5) is 0 Å². The lowest BCUT2D eigenvalue weighted by molar-refractivity contribution is -0.184. The van der Waals surface area contributed by atoms with Crippen molar-refractivity contribution in [2.75, 3.05) is 39.6 Å². The summed E-state index contributed by atoms with van der Waals surface area (Å²) in [5.41, 5.74) is -1.75. The molecule has 79 heavy (non-hydrogen) atoms. The maximum Gasteiger partial charge on any atom is 0.417 e. The van der Waals surface area contributed by atoms with E-state index in [9.17, 15) is 47.9 Å². The largest absolute Gasteiger partial charge is 0.463 e. The number of carbonyl (C=O) groups is 10. The Hall–Kier alpha value is -5.34. The molecule has 21 nitrogen and oxygen atoms in total. The number of fused-ring (bicyclic) bond motifs is 3. The predicted octanol–water partition coefficient (Wildman–Crippen LogP) is 6.28. The summed E-state index contributed by atoms with van der Waals surface area (Å²) in [4.78, 5) is 120. The summed E-state index contributed by atoms with van der Waals surface area (Å²) in [7, 11) is 0. The Morgan fingerprint density at radius 2 is 0.772 bits per heavy atom. The topological polar surface area (TPSA) is 272 Å². The molecule has 0 spiro atoms. The lowest BCUT2D eigenvalue weighted by atomic mass is 9.67. The van der Waals surface area contributed by atoms with E-state index in [2.05, 4.69) is 0 Å². The molecule has 6 heterocycles. The summed E-state index contributed by atoms with van der Waals surface area (Å²) < 4.78 is 58.5. The van der Waals surface area contributed by atoms with Gasteiger partial charge in [0, 0.05) is 11.8 Å². The molecule has 6 aliphatic heterocycles. The van der Waals surface area contributed by atoms with Gasteiger partial charge in [0.2, 0.25) is 0 Å². The minimum absolute atomic E-state index is 0.0293. The molecule has 0 aromatic heterocycles. The van der Waals surface area contributed by atoms with Gasteiger partial charge >= 0.3 is 59.7 Å². The van der Waals surface area contributed by atoms with Crippen LogP contribution in [0.25, 0.3) is 0 Å². The lowest BCUT2D eigenvalue weighted by Gasteiger charge is -2.41. The van der Waals surface area contributed by atoms with Gasteiger partial charge in [-0.25, -0.2) is 19.2 Å². The van der Waals surface area contributed by atoms with Crippen LogP contribution in [0.3, 0.4) is 0 Å². The molecule has 6 saturated heterocycles. The normalized spacial score (nSPS) is 32.4. The maximum atomic E-state index is 12.1. The molecule has 6 aliphatic carbocycles. The summed E-state index contributed by atoms with van der Waals surface area (Å²) in [5, 5.41) is 0. The van der Waals surface area contributed by atoms with Crippen molar-refractivity contribution in [1.29, 1.82) is 0 Å². The Kier molecular flexibility index (Phi) is 20.2. The molecule has 15 unspecified atom stereocenters. The van der Waals surface area contributed by atoms with Crippen LogP contribution in [0.5, 0.6) is 0 Å². The average molecular weight is 1120 g/mol. The molecule has 21 heteroatoms. The number of esters is 10. The number of hydrogen-bond acceptors (Lipinski definition) is 21. The number of hydrogen-bond donors (Lipinski definition) is 0. The maximum absolute atomic E-state index is 12.1. The summed E-state index contributed by atoms with van der Waals surface area (Å²) in [6.45, 7) is 15.6. The van der Waals surface area contributed by atoms with Gasteiger partial charge in [-0.1, -0.05) is 20.8 Å². The fraction of sp³-hybridized carbons (Fsp3) is 0.828. The van der Waals surface area contributed by atoms with Crippen LogP contribution in [-0.2, 0) is 100 Å². The Morgan fingerprint density at radius 3 is 1.22 bits per heavy atom. The zero-order chi connectivity index (χ0) is 57.6. The first kappa shape index (κ1) is 61.3. The SMILES string of the molecule is CCC(C)(C)C(=O)OCC(=O)OCC(=O)OC1C2CC3CC(C2)C(=O)OC1C3.CCC(C)(C)C(=O)OCCOC(=O)C(=O)OC1C2CC3CC(C2)C(=O)OC1C3.CCC(C)(C)C(=O)OCCOC1C2CC3CC(C2)C(=O)OC1C3. The molecule has 12 fully saturated rings. The van der Waals surface area contributed by atoms with Gasteiger partial charge in [-0.2, -0.15) is 0 Å². The van der Waals surface area contributed by atoms with E-state index < -0.39 is 83.7 Å². The van der Waals surface area contributed by atoms with Gasteiger partial charge in [-0.3, -0.25) is 28.8 Å². The minimum Gasteiger partial charge on any atom is -0.463 e. The van der Waals surface area contributed by atoms with Crippen LogP contribution in [0.15, 0.2) is 0 Å². The van der Waals surface area contributed by atoms with Crippen LogP contribution in [-0.4, -0.2) is 136 Å². The van der Waals surface area contributed by atoms with E-state index in [-0.39, 0.29) is 91.5 Å². The molecule has 12 bridgehead atoms. The second-order valence-electron chi connectivity index (χ2n) is 25.2. The van der Waals surface area contributed by atoms with Crippen molar-refractivity contribution in [3.05, 3.63) is 0 Å². The van der Waals surface area contributed by atoms with Crippen molar-refractivity contribution in [3.8, 4) is 0 Å². The van der Waals surface area contributed by atoms with E-state index >= 15 is 0 Å². The van der Waals surface area contributed by atoms with Crippen LogP contribution in [0.1, 0.15) is 159 Å². The van der Waals surface area contributed by atoms with Crippen molar-refractivity contribution < 1.29 is 100 Å². The monoisotopic (exact) mass is 1120 g/mol. The first-order valence-corrected chi connectivity index (χ1v) is 28.8. The summed E-state index contributed by atoms with van der Waals surface area (Å²) in [6.07, 6.45) is 9.90. The van der Waals surface area contributed by atoms with Gasteiger partial charge in [0.05, 0.1) is 46.7 Å². The van der Waals surface area contributed by atoms with E-state index in [0.29, 0.717) is 68.8 Å². The fourth-order valence-corrected chi connectivity index (χ4v) is 12.7. The van der Waals surface area contributed by atoms with Crippen molar-refractivity contribution in [2.45, 2.75) is 195 Å². The van der Waals surface area contributed by atoms with Gasteiger partial charge in [0.15, 0.2) is 13.2 Å². The molecule has 6 saturated carbocycles. The third-order valence-corrected chi connectivity index (χ3v) is 18.4. The van der Waals surface area contributed by atoms with Gasteiger partial charge in [0.25, 0.3) is 0 Å². The van der Waals surface area contributed by atoms with E-state index in [4.69, 9.17) is 52.1 Å². The zero-order valence-electron chi connectivity index (χ0n) is 47.6. The molecule has 0 aromatic carbocycles. The Morgan fingerprint density at radius 1 is 0.405 bits per heavy atom. The Balaban J connectivity index is 0.000000172. The Labute approximate surface area is 462 Å². The second kappa shape index (κ2) is 26.1. The molecule has 0 N–H and O–H groups in total. The molecule has 442 valence electrons. The van der Waals surface area contributed by atoms with E-state index in [0.717, 1.165) is 57.8 Å². The van der Waals surface area contributed by atoms with E-state index in [1.807, 2.05) is 34.6 Å². The van der Waals surface area contributed by atoms with E-state index in [1.54, 1.807) is 27.7 Å². The minimum atomic E-state index is -1.13. The number of rotatable bonds is 19. The molecule has 15 atom stereocenters. The smallest absolute Gasteiger partial charge is 0.417 e.